The van der Waals surface area contributed by atoms with E-state index in [2.05, 4.69) is 10.1 Å². The Bertz CT molecular complexity index is 617. The fourth-order valence-electron chi connectivity index (χ4n) is 1.74. The second kappa shape index (κ2) is 5.40. The molecule has 0 aromatic carbocycles. The lowest BCUT2D eigenvalue weighted by atomic mass is 10.1. The summed E-state index contributed by atoms with van der Waals surface area (Å²) in [7, 11) is 1.77. The van der Waals surface area contributed by atoms with Crippen LogP contribution in [0.1, 0.15) is 39.8 Å². The number of hydrogen-bond acceptors (Lipinski definition) is 5. The summed E-state index contributed by atoms with van der Waals surface area (Å²) < 4.78 is 1.63. The zero-order valence-electron chi connectivity index (χ0n) is 11.0. The average molecular weight is 299 g/mol. The Balaban J connectivity index is 2.20. The largest absolute Gasteiger partial charge is 0.322 e. The van der Waals surface area contributed by atoms with E-state index in [1.165, 1.54) is 11.3 Å². The third-order valence-electron chi connectivity index (χ3n) is 2.79. The number of hydrogen-bond donors (Lipinski definition) is 1. The van der Waals surface area contributed by atoms with Gasteiger partial charge in [-0.25, -0.2) is 4.98 Å². The molecule has 0 bridgehead atoms. The van der Waals surface area contributed by atoms with Crippen molar-refractivity contribution in [3.05, 3.63) is 32.5 Å². The zero-order chi connectivity index (χ0) is 14.2. The number of nitrogens with zero attached hydrogens (tertiary/aromatic N) is 3. The van der Waals surface area contributed by atoms with Gasteiger partial charge in [0.2, 0.25) is 0 Å². The first-order chi connectivity index (χ1) is 8.90. The second-order valence-corrected chi connectivity index (χ2v) is 5.70. The number of carbonyl (C=O) groups is 1. The van der Waals surface area contributed by atoms with Crippen LogP contribution in [0.3, 0.4) is 0 Å². The fraction of sp³-hybridized carbons (Fsp3) is 0.417. The van der Waals surface area contributed by atoms with E-state index in [4.69, 9.17) is 17.3 Å². The van der Waals surface area contributed by atoms with Crippen molar-refractivity contribution >= 4 is 28.7 Å². The van der Waals surface area contributed by atoms with Gasteiger partial charge >= 0.3 is 0 Å². The molecule has 1 atom stereocenters. The summed E-state index contributed by atoms with van der Waals surface area (Å²) in [4.78, 5) is 16.4. The lowest BCUT2D eigenvalue weighted by molar-refractivity contribution is 0.0986. The Hall–Kier alpha value is -1.24. The van der Waals surface area contributed by atoms with Gasteiger partial charge in [-0.3, -0.25) is 9.48 Å². The molecular weight excluding hydrogens is 284 g/mol. The predicted molar refractivity (Wildman–Crippen MR) is 75.7 cm³/mol. The first-order valence-electron chi connectivity index (χ1n) is 5.82. The van der Waals surface area contributed by atoms with Gasteiger partial charge in [0, 0.05) is 12.4 Å². The Morgan fingerprint density at radius 1 is 1.63 bits per heavy atom. The summed E-state index contributed by atoms with van der Waals surface area (Å²) >= 11 is 7.53. The lowest BCUT2D eigenvalue weighted by Gasteiger charge is -2.01. The van der Waals surface area contributed by atoms with Gasteiger partial charge in [-0.2, -0.15) is 5.10 Å². The normalized spacial score (nSPS) is 12.7. The van der Waals surface area contributed by atoms with Crippen molar-refractivity contribution in [3.63, 3.8) is 0 Å². The van der Waals surface area contributed by atoms with E-state index in [9.17, 15) is 4.79 Å². The number of rotatable bonds is 4. The van der Waals surface area contributed by atoms with Gasteiger partial charge in [-0.05, 0) is 13.8 Å². The molecule has 0 amide bonds. The quantitative estimate of drug-likeness (QED) is 0.879. The minimum Gasteiger partial charge on any atom is -0.322 e. The minimum atomic E-state index is -0.158. The lowest BCUT2D eigenvalue weighted by Crippen LogP contribution is -2.10. The van der Waals surface area contributed by atoms with Gasteiger partial charge in [0.25, 0.3) is 0 Å². The molecule has 0 saturated heterocycles. The molecule has 2 rings (SSSR count). The van der Waals surface area contributed by atoms with E-state index >= 15 is 0 Å². The van der Waals surface area contributed by atoms with Crippen LogP contribution in [0.2, 0.25) is 5.02 Å². The maximum Gasteiger partial charge on any atom is 0.188 e. The Morgan fingerprint density at radius 2 is 2.32 bits per heavy atom. The first kappa shape index (κ1) is 14.2. The molecule has 19 heavy (non-hydrogen) atoms. The predicted octanol–water partition coefficient (Wildman–Crippen LogP) is 2.28. The molecule has 0 saturated carbocycles. The van der Waals surface area contributed by atoms with Crippen LogP contribution in [0, 0.1) is 6.92 Å². The topological polar surface area (TPSA) is 73.8 Å². The molecule has 0 aliphatic rings. The molecule has 0 aliphatic carbocycles. The van der Waals surface area contributed by atoms with Crippen LogP contribution in [-0.2, 0) is 13.5 Å². The summed E-state index contributed by atoms with van der Waals surface area (Å²) in [6.07, 6.45) is 0.193. The van der Waals surface area contributed by atoms with E-state index in [1.54, 1.807) is 17.1 Å². The van der Waals surface area contributed by atoms with Gasteiger partial charge in [-0.1, -0.05) is 11.6 Å². The van der Waals surface area contributed by atoms with E-state index in [-0.39, 0.29) is 18.2 Å². The summed E-state index contributed by atoms with van der Waals surface area (Å²) in [5, 5.41) is 7.22. The van der Waals surface area contributed by atoms with E-state index in [0.717, 1.165) is 10.7 Å². The van der Waals surface area contributed by atoms with Crippen LogP contribution in [0.5, 0.6) is 0 Å². The monoisotopic (exact) mass is 298 g/mol. The third kappa shape index (κ3) is 2.86. The summed E-state index contributed by atoms with van der Waals surface area (Å²) in [6, 6.07) is -0.158. The highest BCUT2D eigenvalue weighted by Gasteiger charge is 2.18. The van der Waals surface area contributed by atoms with Crippen molar-refractivity contribution in [3.8, 4) is 0 Å². The first-order valence-corrected chi connectivity index (χ1v) is 7.08. The number of thiazole rings is 1. The smallest absolute Gasteiger partial charge is 0.188 e. The molecule has 2 N–H and O–H groups in total. The number of carbonyl (C=O) groups excluding carboxylic acids is 1. The molecule has 102 valence electrons. The Morgan fingerprint density at radius 3 is 2.79 bits per heavy atom. The highest BCUT2D eigenvalue weighted by Crippen LogP contribution is 2.22. The maximum absolute atomic E-state index is 12.2. The Kier molecular flexibility index (Phi) is 4.03. The molecule has 7 heteroatoms. The fourth-order valence-corrected chi connectivity index (χ4v) is 2.75. The summed E-state index contributed by atoms with van der Waals surface area (Å²) in [6.45, 7) is 3.65. The summed E-state index contributed by atoms with van der Waals surface area (Å²) in [5.74, 6) is -0.0759. The zero-order valence-corrected chi connectivity index (χ0v) is 12.5. The van der Waals surface area contributed by atoms with Gasteiger partial charge < -0.3 is 5.73 Å². The molecule has 5 nitrogen and oxygen atoms in total. The molecule has 2 aromatic heterocycles. The van der Waals surface area contributed by atoms with Crippen molar-refractivity contribution in [2.75, 3.05) is 0 Å². The molecule has 2 aromatic rings. The van der Waals surface area contributed by atoms with Gasteiger partial charge in [-0.15, -0.1) is 11.3 Å². The van der Waals surface area contributed by atoms with Crippen LogP contribution in [-0.4, -0.2) is 20.5 Å². The van der Waals surface area contributed by atoms with E-state index in [1.807, 2.05) is 13.8 Å². The molecule has 1 unspecified atom stereocenters. The highest BCUT2D eigenvalue weighted by atomic mass is 35.5. The molecule has 2 heterocycles. The molecule has 0 radical (unpaired) electrons. The van der Waals surface area contributed by atoms with Crippen molar-refractivity contribution in [2.24, 2.45) is 12.8 Å². The highest BCUT2D eigenvalue weighted by molar-refractivity contribution is 7.09. The van der Waals surface area contributed by atoms with E-state index in [0.29, 0.717) is 16.4 Å². The molecular formula is C12H15ClN4OS. The van der Waals surface area contributed by atoms with Crippen LogP contribution >= 0.6 is 22.9 Å². The standard InChI is InChI=1S/C12H15ClN4OS/c1-6(14)12-15-8(5-19-12)10(18)4-9-11(13)7(2)16-17(9)3/h5-6H,4,14H2,1-3H3. The molecule has 0 fully saturated rings. The van der Waals surface area contributed by atoms with Gasteiger partial charge in [0.15, 0.2) is 5.78 Å². The van der Waals surface area contributed by atoms with Crippen molar-refractivity contribution < 1.29 is 4.79 Å². The number of Topliss-reactive ketones (excluding diaryl/α,β-unsaturated/α-hetero) is 1. The Labute approximate surface area is 120 Å². The van der Waals surface area contributed by atoms with Crippen molar-refractivity contribution in [1.29, 1.82) is 0 Å². The molecule has 0 aliphatic heterocycles. The number of aryl methyl sites for hydroxylation is 2. The number of halogens is 1. The molecule has 0 spiro atoms. The van der Waals surface area contributed by atoms with E-state index < -0.39 is 0 Å². The summed E-state index contributed by atoms with van der Waals surface area (Å²) in [5.41, 5.74) is 7.60. The second-order valence-electron chi connectivity index (χ2n) is 4.43. The van der Waals surface area contributed by atoms with Crippen LogP contribution in [0.25, 0.3) is 0 Å². The number of aromatic nitrogens is 3. The van der Waals surface area contributed by atoms with Crippen LogP contribution in [0.4, 0.5) is 0 Å². The minimum absolute atomic E-state index is 0.0759. The van der Waals surface area contributed by atoms with Crippen molar-refractivity contribution in [1.82, 2.24) is 14.8 Å². The van der Waals surface area contributed by atoms with Crippen LogP contribution in [0.15, 0.2) is 5.38 Å². The SMILES string of the molecule is Cc1nn(C)c(CC(=O)c2csc(C(C)N)n2)c1Cl. The van der Waals surface area contributed by atoms with Gasteiger partial charge in [0.1, 0.15) is 10.7 Å². The number of nitrogens with two attached hydrogens (primary N) is 1. The van der Waals surface area contributed by atoms with Gasteiger partial charge in [0.05, 0.1) is 28.9 Å². The van der Waals surface area contributed by atoms with Crippen molar-refractivity contribution in [2.45, 2.75) is 26.3 Å². The third-order valence-corrected chi connectivity index (χ3v) is 4.32. The van der Waals surface area contributed by atoms with Crippen LogP contribution < -0.4 is 5.73 Å². The average Bonchev–Trinajstić information content (AvgIpc) is 2.91. The number of ketones is 1. The maximum atomic E-state index is 12.2.